The van der Waals surface area contributed by atoms with Crippen molar-refractivity contribution < 1.29 is 0 Å². The molecule has 0 unspecified atom stereocenters. The molecule has 0 heterocycles. The Morgan fingerprint density at radius 3 is 1.95 bits per heavy atom. The molecule has 108 valence electrons. The van der Waals surface area contributed by atoms with E-state index in [2.05, 4.69) is 52.0 Å². The van der Waals surface area contributed by atoms with Crippen LogP contribution in [0, 0.1) is 0 Å². The number of hydrogen-bond donors (Lipinski definition) is 1. The van der Waals surface area contributed by atoms with Crippen LogP contribution < -0.4 is 5.73 Å². The number of rotatable bonds is 9. The topological polar surface area (TPSA) is 26.0 Å². The molecular formula is C18H31N. The molecule has 0 aromatic carbocycles. The smallest absolute Gasteiger partial charge is 0.0106 e. The number of hydrogen-bond acceptors (Lipinski definition) is 1. The fraction of sp³-hybridized carbons (Fsp3) is 0.556. The second-order valence-corrected chi connectivity index (χ2v) is 5.40. The van der Waals surface area contributed by atoms with Gasteiger partial charge in [0.05, 0.1) is 0 Å². The number of nitrogens with two attached hydrogens (primary N) is 1. The first-order chi connectivity index (χ1) is 9.06. The van der Waals surface area contributed by atoms with Crippen molar-refractivity contribution in [2.45, 2.75) is 59.8 Å². The van der Waals surface area contributed by atoms with Gasteiger partial charge in [-0.2, -0.15) is 0 Å². The van der Waals surface area contributed by atoms with Crippen LogP contribution in [0.3, 0.4) is 0 Å². The highest BCUT2D eigenvalue weighted by atomic mass is 14.5. The third kappa shape index (κ3) is 13.2. The predicted octanol–water partition coefficient (Wildman–Crippen LogP) is 5.31. The average Bonchev–Trinajstić information content (AvgIpc) is 2.34. The first-order valence-electron chi connectivity index (χ1n) is 7.36. The van der Waals surface area contributed by atoms with Crippen LogP contribution in [0.1, 0.15) is 59.8 Å². The van der Waals surface area contributed by atoms with E-state index >= 15 is 0 Å². The first-order valence-corrected chi connectivity index (χ1v) is 7.36. The Labute approximate surface area is 120 Å². The van der Waals surface area contributed by atoms with Gasteiger partial charge in [-0.25, -0.2) is 0 Å². The highest BCUT2D eigenvalue weighted by molar-refractivity contribution is 5.06. The van der Waals surface area contributed by atoms with Gasteiger partial charge in [0.15, 0.2) is 0 Å². The predicted molar refractivity (Wildman–Crippen MR) is 88.2 cm³/mol. The Morgan fingerprint density at radius 2 is 1.37 bits per heavy atom. The third-order valence-electron chi connectivity index (χ3n) is 3.03. The van der Waals surface area contributed by atoms with Crippen LogP contribution in [0.25, 0.3) is 0 Å². The summed E-state index contributed by atoms with van der Waals surface area (Å²) in [5.74, 6) is 0. The van der Waals surface area contributed by atoms with E-state index in [0.717, 1.165) is 19.3 Å². The van der Waals surface area contributed by atoms with E-state index in [4.69, 9.17) is 5.73 Å². The van der Waals surface area contributed by atoms with Crippen molar-refractivity contribution in [3.63, 3.8) is 0 Å². The molecule has 19 heavy (non-hydrogen) atoms. The Morgan fingerprint density at radius 1 is 0.789 bits per heavy atom. The fourth-order valence-corrected chi connectivity index (χ4v) is 1.80. The number of allylic oxidation sites excluding steroid dienone is 7. The van der Waals surface area contributed by atoms with Gasteiger partial charge in [-0.3, -0.25) is 0 Å². The zero-order valence-electron chi connectivity index (χ0n) is 13.2. The molecule has 0 atom stereocenters. The van der Waals surface area contributed by atoms with Crippen LogP contribution in [0.2, 0.25) is 0 Å². The minimum Gasteiger partial charge on any atom is -0.327 e. The van der Waals surface area contributed by atoms with Crippen LogP contribution in [0.4, 0.5) is 0 Å². The quantitative estimate of drug-likeness (QED) is 0.559. The van der Waals surface area contributed by atoms with E-state index in [1.807, 2.05) is 6.08 Å². The molecule has 1 nitrogen and oxygen atoms in total. The monoisotopic (exact) mass is 261 g/mol. The van der Waals surface area contributed by atoms with Crippen molar-refractivity contribution >= 4 is 0 Å². The summed E-state index contributed by atoms with van der Waals surface area (Å²) in [6.45, 7) is 9.41. The third-order valence-corrected chi connectivity index (χ3v) is 3.03. The lowest BCUT2D eigenvalue weighted by Crippen LogP contribution is -1.91. The van der Waals surface area contributed by atoms with Crippen molar-refractivity contribution in [3.05, 3.63) is 47.1 Å². The summed E-state index contributed by atoms with van der Waals surface area (Å²) in [6, 6.07) is 0. The van der Waals surface area contributed by atoms with E-state index in [0.29, 0.717) is 6.54 Å². The molecule has 0 saturated heterocycles. The molecular weight excluding hydrogens is 230 g/mol. The highest BCUT2D eigenvalue weighted by Gasteiger charge is 1.91. The molecule has 0 aromatic rings. The summed E-state index contributed by atoms with van der Waals surface area (Å²) in [6.07, 6.45) is 16.8. The zero-order chi connectivity index (χ0) is 14.5. The van der Waals surface area contributed by atoms with Gasteiger partial charge in [0.1, 0.15) is 0 Å². The van der Waals surface area contributed by atoms with E-state index in [1.165, 1.54) is 29.6 Å². The lowest BCUT2D eigenvalue weighted by Gasteiger charge is -2.01. The lowest BCUT2D eigenvalue weighted by molar-refractivity contribution is 0.915. The molecule has 0 aliphatic rings. The van der Waals surface area contributed by atoms with Gasteiger partial charge in [-0.05, 0) is 59.8 Å². The standard InChI is InChI=1S/C18H31N/c1-16(2)10-8-12-18(4)14-9-13-17(3)11-6-5-7-15-19/h5,7,10-11,14H,6,8-9,12-13,15,19H2,1-4H3/b7-5+,17-11?,18-14?. The van der Waals surface area contributed by atoms with Crippen LogP contribution in [-0.2, 0) is 0 Å². The molecule has 0 amide bonds. The zero-order valence-corrected chi connectivity index (χ0v) is 13.2. The lowest BCUT2D eigenvalue weighted by atomic mass is 10.1. The SMILES string of the molecule is CC(C)=CCCC(C)=CCCC(C)=CC/C=C/CN. The summed E-state index contributed by atoms with van der Waals surface area (Å²) in [5, 5.41) is 0. The van der Waals surface area contributed by atoms with E-state index in [1.54, 1.807) is 0 Å². The normalized spacial score (nSPS) is 13.1. The Kier molecular flexibility index (Phi) is 11.3. The van der Waals surface area contributed by atoms with Crippen LogP contribution in [0.15, 0.2) is 47.1 Å². The van der Waals surface area contributed by atoms with Crippen LogP contribution >= 0.6 is 0 Å². The van der Waals surface area contributed by atoms with Crippen molar-refractivity contribution in [3.8, 4) is 0 Å². The van der Waals surface area contributed by atoms with Gasteiger partial charge in [0, 0.05) is 6.54 Å². The largest absolute Gasteiger partial charge is 0.327 e. The van der Waals surface area contributed by atoms with E-state index < -0.39 is 0 Å². The van der Waals surface area contributed by atoms with Crippen LogP contribution in [-0.4, -0.2) is 6.54 Å². The first kappa shape index (κ1) is 17.9. The molecule has 0 fully saturated rings. The van der Waals surface area contributed by atoms with Crippen molar-refractivity contribution in [1.29, 1.82) is 0 Å². The highest BCUT2D eigenvalue weighted by Crippen LogP contribution is 2.11. The molecule has 0 spiro atoms. The maximum atomic E-state index is 5.40. The molecule has 1 heteroatoms. The fourth-order valence-electron chi connectivity index (χ4n) is 1.80. The van der Waals surface area contributed by atoms with E-state index in [-0.39, 0.29) is 0 Å². The summed E-state index contributed by atoms with van der Waals surface area (Å²) >= 11 is 0. The molecule has 0 bridgehead atoms. The second-order valence-electron chi connectivity index (χ2n) is 5.40. The summed E-state index contributed by atoms with van der Waals surface area (Å²) in [4.78, 5) is 0. The minimum atomic E-state index is 0.639. The molecule has 0 rings (SSSR count). The van der Waals surface area contributed by atoms with Gasteiger partial charge in [0.2, 0.25) is 0 Å². The Balaban J connectivity index is 3.86. The summed E-state index contributed by atoms with van der Waals surface area (Å²) in [7, 11) is 0. The molecule has 0 aromatic heterocycles. The summed E-state index contributed by atoms with van der Waals surface area (Å²) in [5.41, 5.74) is 9.79. The maximum absolute atomic E-state index is 5.40. The molecule has 2 N–H and O–H groups in total. The van der Waals surface area contributed by atoms with Crippen LogP contribution in [0.5, 0.6) is 0 Å². The second kappa shape index (κ2) is 12.0. The Bertz CT molecular complexity index is 339. The molecule has 0 aliphatic heterocycles. The van der Waals surface area contributed by atoms with Gasteiger partial charge < -0.3 is 5.73 Å². The summed E-state index contributed by atoms with van der Waals surface area (Å²) < 4.78 is 0. The van der Waals surface area contributed by atoms with Crippen molar-refractivity contribution in [1.82, 2.24) is 0 Å². The van der Waals surface area contributed by atoms with Gasteiger partial charge in [-0.1, -0.05) is 47.1 Å². The van der Waals surface area contributed by atoms with Gasteiger partial charge >= 0.3 is 0 Å². The van der Waals surface area contributed by atoms with Crippen molar-refractivity contribution in [2.75, 3.05) is 6.54 Å². The maximum Gasteiger partial charge on any atom is 0.0106 e. The van der Waals surface area contributed by atoms with Gasteiger partial charge in [-0.15, -0.1) is 0 Å². The molecule has 0 radical (unpaired) electrons. The minimum absolute atomic E-state index is 0.639. The van der Waals surface area contributed by atoms with Crippen molar-refractivity contribution in [2.24, 2.45) is 5.73 Å². The van der Waals surface area contributed by atoms with E-state index in [9.17, 15) is 0 Å². The average molecular weight is 261 g/mol. The van der Waals surface area contributed by atoms with Gasteiger partial charge in [0.25, 0.3) is 0 Å². The molecule has 0 saturated carbocycles. The molecule has 0 aliphatic carbocycles. The Hall–Kier alpha value is -1.08.